The molecule has 0 saturated carbocycles. The van der Waals surface area contributed by atoms with Gasteiger partial charge in [0.2, 0.25) is 6.29 Å². The fourth-order valence-electron chi connectivity index (χ4n) is 1.54. The lowest BCUT2D eigenvalue weighted by molar-refractivity contribution is 0.460. The van der Waals surface area contributed by atoms with E-state index in [1.165, 1.54) is 38.5 Å². The highest BCUT2D eigenvalue weighted by Crippen LogP contribution is 2.15. The lowest BCUT2D eigenvalue weighted by atomic mass is 9.96. The largest absolute Gasteiger partial charge is 0.291 e. The first kappa shape index (κ1) is 12.7. The van der Waals surface area contributed by atoms with Crippen LogP contribution in [0.1, 0.15) is 65.2 Å². The molecule has 0 aliphatic heterocycles. The molecule has 1 heteroatoms. The predicted octanol–water partition coefficient (Wildman–Crippen LogP) is 3.87. The molecule has 0 amide bonds. The molecule has 77 valence electrons. The van der Waals surface area contributed by atoms with Crippen molar-refractivity contribution in [2.45, 2.75) is 65.2 Å². The van der Waals surface area contributed by atoms with Crippen molar-refractivity contribution in [3.8, 4) is 0 Å². The van der Waals surface area contributed by atoms with Crippen molar-refractivity contribution < 1.29 is 4.79 Å². The summed E-state index contributed by atoms with van der Waals surface area (Å²) in [7, 11) is 0. The topological polar surface area (TPSA) is 17.1 Å². The zero-order valence-corrected chi connectivity index (χ0v) is 9.14. The summed E-state index contributed by atoms with van der Waals surface area (Å²) < 4.78 is 0. The molecule has 0 bridgehead atoms. The van der Waals surface area contributed by atoms with E-state index in [0.717, 1.165) is 12.8 Å². The average Bonchev–Trinajstić information content (AvgIpc) is 2.16. The number of rotatable bonds is 9. The number of hydrogen-bond donors (Lipinski definition) is 0. The van der Waals surface area contributed by atoms with Crippen molar-refractivity contribution in [3.05, 3.63) is 0 Å². The minimum atomic E-state index is 0.220. The Balaban J connectivity index is 3.34. The lowest BCUT2D eigenvalue weighted by Crippen LogP contribution is -2.01. The zero-order valence-electron chi connectivity index (χ0n) is 9.14. The minimum Gasteiger partial charge on any atom is -0.291 e. The van der Waals surface area contributed by atoms with Gasteiger partial charge in [0, 0.05) is 5.92 Å². The predicted molar refractivity (Wildman–Crippen MR) is 57.5 cm³/mol. The molecule has 0 heterocycles. The Hall–Kier alpha value is -0.330. The van der Waals surface area contributed by atoms with Gasteiger partial charge in [-0.2, -0.15) is 0 Å². The van der Waals surface area contributed by atoms with Crippen molar-refractivity contribution >= 4 is 6.29 Å². The van der Waals surface area contributed by atoms with E-state index in [0.29, 0.717) is 0 Å². The van der Waals surface area contributed by atoms with Gasteiger partial charge in [0.05, 0.1) is 0 Å². The zero-order chi connectivity index (χ0) is 9.94. The molecule has 0 fully saturated rings. The smallest absolute Gasteiger partial charge is 0.201 e. The molecule has 0 aliphatic carbocycles. The van der Waals surface area contributed by atoms with E-state index in [1.807, 2.05) is 0 Å². The first-order valence-electron chi connectivity index (χ1n) is 5.72. The van der Waals surface area contributed by atoms with Crippen LogP contribution in [0.25, 0.3) is 0 Å². The van der Waals surface area contributed by atoms with Crippen molar-refractivity contribution in [3.63, 3.8) is 0 Å². The number of unbranched alkanes of at least 4 members (excludes halogenated alkanes) is 4. The maximum Gasteiger partial charge on any atom is 0.201 e. The van der Waals surface area contributed by atoms with Crippen LogP contribution < -0.4 is 0 Å². The van der Waals surface area contributed by atoms with Crippen molar-refractivity contribution in [1.82, 2.24) is 0 Å². The highest BCUT2D eigenvalue weighted by atomic mass is 16.1. The third-order valence-corrected chi connectivity index (χ3v) is 2.48. The van der Waals surface area contributed by atoms with Crippen molar-refractivity contribution in [2.75, 3.05) is 0 Å². The Morgan fingerprint density at radius 3 is 1.69 bits per heavy atom. The Morgan fingerprint density at radius 1 is 0.923 bits per heavy atom. The van der Waals surface area contributed by atoms with Gasteiger partial charge < -0.3 is 0 Å². The van der Waals surface area contributed by atoms with E-state index in [2.05, 4.69) is 20.1 Å². The van der Waals surface area contributed by atoms with Crippen LogP contribution in [0.4, 0.5) is 0 Å². The fourth-order valence-corrected chi connectivity index (χ4v) is 1.54. The van der Waals surface area contributed by atoms with Gasteiger partial charge in [-0.1, -0.05) is 52.4 Å². The third kappa shape index (κ3) is 8.01. The van der Waals surface area contributed by atoms with Crippen LogP contribution in [-0.4, -0.2) is 6.29 Å². The lowest BCUT2D eigenvalue weighted by Gasteiger charge is -2.07. The molecule has 0 rings (SSSR count). The van der Waals surface area contributed by atoms with Crippen LogP contribution in [0.15, 0.2) is 0 Å². The number of carbonyl (C=O) groups excluding carboxylic acids is 1. The van der Waals surface area contributed by atoms with Crippen molar-refractivity contribution in [2.24, 2.45) is 5.92 Å². The Bertz CT molecular complexity index is 99.7. The molecule has 0 atom stereocenters. The van der Waals surface area contributed by atoms with Crippen LogP contribution >= 0.6 is 0 Å². The first-order valence-corrected chi connectivity index (χ1v) is 5.72. The van der Waals surface area contributed by atoms with E-state index in [1.54, 1.807) is 0 Å². The van der Waals surface area contributed by atoms with Gasteiger partial charge in [0.15, 0.2) is 0 Å². The van der Waals surface area contributed by atoms with Crippen LogP contribution in [0.5, 0.6) is 0 Å². The van der Waals surface area contributed by atoms with Crippen LogP contribution in [0, 0.1) is 5.92 Å². The summed E-state index contributed by atoms with van der Waals surface area (Å²) in [5.74, 6) is 0.220. The molecule has 1 nitrogen and oxygen atoms in total. The van der Waals surface area contributed by atoms with Gasteiger partial charge in [-0.25, -0.2) is 0 Å². The van der Waals surface area contributed by atoms with Gasteiger partial charge in [-0.05, 0) is 12.8 Å². The second-order valence-electron chi connectivity index (χ2n) is 3.81. The van der Waals surface area contributed by atoms with E-state index in [9.17, 15) is 4.79 Å². The van der Waals surface area contributed by atoms with E-state index < -0.39 is 0 Å². The third-order valence-electron chi connectivity index (χ3n) is 2.48. The maximum absolute atomic E-state index is 10.6. The maximum atomic E-state index is 10.6. The molecule has 0 aromatic rings. The summed E-state index contributed by atoms with van der Waals surface area (Å²) >= 11 is 0. The summed E-state index contributed by atoms with van der Waals surface area (Å²) in [5.41, 5.74) is 0. The molecule has 0 saturated heterocycles. The molecule has 0 N–H and O–H groups in total. The monoisotopic (exact) mass is 183 g/mol. The molecular formula is C12H23O. The molecular weight excluding hydrogens is 160 g/mol. The minimum absolute atomic E-state index is 0.220. The Kier molecular flexibility index (Phi) is 9.51. The molecule has 0 aromatic carbocycles. The summed E-state index contributed by atoms with van der Waals surface area (Å²) in [4.78, 5) is 10.6. The highest BCUT2D eigenvalue weighted by Gasteiger charge is 2.06. The van der Waals surface area contributed by atoms with Gasteiger partial charge in [0.25, 0.3) is 0 Å². The van der Waals surface area contributed by atoms with Gasteiger partial charge >= 0.3 is 0 Å². The van der Waals surface area contributed by atoms with Crippen LogP contribution in [0.3, 0.4) is 0 Å². The highest BCUT2D eigenvalue weighted by molar-refractivity contribution is 5.54. The average molecular weight is 183 g/mol. The Morgan fingerprint density at radius 2 is 1.38 bits per heavy atom. The normalized spacial score (nSPS) is 10.7. The molecule has 0 unspecified atom stereocenters. The standard InChI is InChI=1S/C12H23O/c1-3-5-7-9-12(11-13)10-8-6-4-2/h12H,3-10H2,1-2H3. The van der Waals surface area contributed by atoms with E-state index in [4.69, 9.17) is 0 Å². The van der Waals surface area contributed by atoms with Gasteiger partial charge in [-0.3, -0.25) is 4.79 Å². The summed E-state index contributed by atoms with van der Waals surface area (Å²) in [6, 6.07) is 0. The molecule has 0 spiro atoms. The summed E-state index contributed by atoms with van der Waals surface area (Å²) in [6.45, 7) is 4.38. The van der Waals surface area contributed by atoms with Crippen molar-refractivity contribution in [1.29, 1.82) is 0 Å². The Labute approximate surface area is 82.9 Å². The molecule has 13 heavy (non-hydrogen) atoms. The first-order chi connectivity index (χ1) is 6.35. The summed E-state index contributed by atoms with van der Waals surface area (Å²) in [6.07, 6.45) is 11.7. The SMILES string of the molecule is CCCCCC([C]=O)CCCCC. The van der Waals surface area contributed by atoms with Gasteiger partial charge in [0.1, 0.15) is 0 Å². The quantitative estimate of drug-likeness (QED) is 0.496. The van der Waals surface area contributed by atoms with Crippen LogP contribution in [0.2, 0.25) is 0 Å². The van der Waals surface area contributed by atoms with Crippen LogP contribution in [-0.2, 0) is 4.79 Å². The van der Waals surface area contributed by atoms with E-state index in [-0.39, 0.29) is 5.92 Å². The number of hydrogen-bond acceptors (Lipinski definition) is 1. The second-order valence-corrected chi connectivity index (χ2v) is 3.81. The molecule has 0 aliphatic rings. The van der Waals surface area contributed by atoms with E-state index >= 15 is 0 Å². The fraction of sp³-hybridized carbons (Fsp3) is 0.917. The molecule has 1 radical (unpaired) electrons. The molecule has 0 aromatic heterocycles. The second kappa shape index (κ2) is 9.76. The van der Waals surface area contributed by atoms with Gasteiger partial charge in [-0.15, -0.1) is 0 Å². The summed E-state index contributed by atoms with van der Waals surface area (Å²) in [5, 5.41) is 0.